The minimum absolute atomic E-state index is 0.476. The van der Waals surface area contributed by atoms with Gasteiger partial charge in [-0.05, 0) is 47.8 Å². The summed E-state index contributed by atoms with van der Waals surface area (Å²) in [6, 6.07) is 5.87. The lowest BCUT2D eigenvalue weighted by Crippen LogP contribution is -2.26. The van der Waals surface area contributed by atoms with Gasteiger partial charge in [0.15, 0.2) is 0 Å². The molecule has 1 N–H and O–H groups in total. The van der Waals surface area contributed by atoms with Crippen LogP contribution < -0.4 is 0 Å². The first-order chi connectivity index (χ1) is 8.33. The maximum absolute atomic E-state index is 11.2. The van der Waals surface area contributed by atoms with Gasteiger partial charge in [-0.1, -0.05) is 12.1 Å². The van der Waals surface area contributed by atoms with Crippen molar-refractivity contribution in [3.8, 4) is 0 Å². The van der Waals surface area contributed by atoms with Crippen LogP contribution >= 0.6 is 15.9 Å². The lowest BCUT2D eigenvalue weighted by Gasteiger charge is -2.19. The SMILES string of the molecule is Cn1nc(Br)c2c(CC(C)(C)C(=O)O)cccc21. The predicted molar refractivity (Wildman–Crippen MR) is 73.5 cm³/mol. The van der Waals surface area contributed by atoms with Crippen LogP contribution in [0.5, 0.6) is 0 Å². The number of hydrogen-bond acceptors (Lipinski definition) is 2. The molecule has 5 heteroatoms. The van der Waals surface area contributed by atoms with Crippen LogP contribution in [-0.4, -0.2) is 20.9 Å². The summed E-state index contributed by atoms with van der Waals surface area (Å²) in [6.07, 6.45) is 0.476. The van der Waals surface area contributed by atoms with Crippen molar-refractivity contribution in [2.75, 3.05) is 0 Å². The fourth-order valence-electron chi connectivity index (χ4n) is 2.03. The molecule has 2 aromatic rings. The van der Waals surface area contributed by atoms with Crippen LogP contribution in [0.15, 0.2) is 22.8 Å². The molecule has 0 spiro atoms. The van der Waals surface area contributed by atoms with Crippen LogP contribution in [0, 0.1) is 5.41 Å². The van der Waals surface area contributed by atoms with Crippen molar-refractivity contribution >= 4 is 32.8 Å². The summed E-state index contributed by atoms with van der Waals surface area (Å²) < 4.78 is 2.55. The molecule has 4 nitrogen and oxygen atoms in total. The van der Waals surface area contributed by atoms with Gasteiger partial charge in [0.2, 0.25) is 0 Å². The van der Waals surface area contributed by atoms with Gasteiger partial charge < -0.3 is 5.11 Å². The van der Waals surface area contributed by atoms with Gasteiger partial charge in [-0.2, -0.15) is 5.10 Å². The molecule has 0 radical (unpaired) electrons. The number of halogens is 1. The number of hydrogen-bond donors (Lipinski definition) is 1. The van der Waals surface area contributed by atoms with Crippen LogP contribution in [0.25, 0.3) is 10.9 Å². The van der Waals surface area contributed by atoms with Crippen LogP contribution in [-0.2, 0) is 18.3 Å². The molecule has 1 aromatic carbocycles. The van der Waals surface area contributed by atoms with E-state index in [1.54, 1.807) is 18.5 Å². The van der Waals surface area contributed by atoms with Gasteiger partial charge in [0.1, 0.15) is 4.60 Å². The van der Waals surface area contributed by atoms with Gasteiger partial charge in [0.25, 0.3) is 0 Å². The van der Waals surface area contributed by atoms with E-state index in [-0.39, 0.29) is 0 Å². The zero-order valence-electron chi connectivity index (χ0n) is 10.6. The number of fused-ring (bicyclic) bond motifs is 1. The molecule has 0 fully saturated rings. The Bertz CT molecular complexity index is 617. The number of rotatable bonds is 3. The predicted octanol–water partition coefficient (Wildman–Crippen LogP) is 2.99. The minimum atomic E-state index is -0.792. The minimum Gasteiger partial charge on any atom is -0.481 e. The number of aliphatic carboxylic acids is 1. The summed E-state index contributed by atoms with van der Waals surface area (Å²) in [5.74, 6) is -0.792. The normalized spacial score (nSPS) is 12.0. The van der Waals surface area contributed by atoms with Gasteiger partial charge in [0, 0.05) is 12.4 Å². The zero-order chi connectivity index (χ0) is 13.5. The quantitative estimate of drug-likeness (QED) is 0.948. The number of aromatic nitrogens is 2. The molecular formula is C13H15BrN2O2. The number of aryl methyl sites for hydroxylation is 1. The molecule has 0 amide bonds. The van der Waals surface area contributed by atoms with Gasteiger partial charge in [-0.3, -0.25) is 9.48 Å². The van der Waals surface area contributed by atoms with E-state index in [1.807, 2.05) is 25.2 Å². The summed E-state index contributed by atoms with van der Waals surface area (Å²) in [5.41, 5.74) is 1.21. The third-order valence-electron chi connectivity index (χ3n) is 3.13. The maximum Gasteiger partial charge on any atom is 0.309 e. The van der Waals surface area contributed by atoms with E-state index in [1.165, 1.54) is 0 Å². The number of carboxylic acid groups (broad SMARTS) is 1. The second kappa shape index (κ2) is 4.39. The number of carboxylic acids is 1. The average molecular weight is 311 g/mol. The zero-order valence-corrected chi connectivity index (χ0v) is 12.2. The van der Waals surface area contributed by atoms with Crippen LogP contribution in [0.2, 0.25) is 0 Å². The first kappa shape index (κ1) is 13.1. The van der Waals surface area contributed by atoms with E-state index < -0.39 is 11.4 Å². The van der Waals surface area contributed by atoms with Crippen LogP contribution in [0.3, 0.4) is 0 Å². The van der Waals surface area contributed by atoms with Gasteiger partial charge in [0.05, 0.1) is 10.9 Å². The Morgan fingerprint density at radius 1 is 1.50 bits per heavy atom. The second-order valence-electron chi connectivity index (χ2n) is 5.09. The fraction of sp³-hybridized carbons (Fsp3) is 0.385. The Labute approximate surface area is 114 Å². The largest absolute Gasteiger partial charge is 0.481 e. The summed E-state index contributed by atoms with van der Waals surface area (Å²) in [7, 11) is 1.87. The molecule has 1 aromatic heterocycles. The summed E-state index contributed by atoms with van der Waals surface area (Å²) in [6.45, 7) is 3.47. The van der Waals surface area contributed by atoms with Crippen molar-refractivity contribution in [3.05, 3.63) is 28.4 Å². The summed E-state index contributed by atoms with van der Waals surface area (Å²) in [4.78, 5) is 11.2. The lowest BCUT2D eigenvalue weighted by atomic mass is 9.85. The molecule has 0 saturated carbocycles. The first-order valence-corrected chi connectivity index (χ1v) is 6.46. The standard InChI is InChI=1S/C13H15BrN2O2/c1-13(2,12(17)18)7-8-5-4-6-9-10(8)11(14)15-16(9)3/h4-6H,7H2,1-3H3,(H,17,18). The fourth-order valence-corrected chi connectivity index (χ4v) is 2.72. The summed E-state index contributed by atoms with van der Waals surface area (Å²) >= 11 is 3.43. The Morgan fingerprint density at radius 2 is 2.17 bits per heavy atom. The Balaban J connectivity index is 2.56. The third-order valence-corrected chi connectivity index (χ3v) is 3.69. The molecule has 0 aliphatic rings. The molecule has 0 aliphatic carbocycles. The molecule has 0 unspecified atom stereocenters. The van der Waals surface area contributed by atoms with E-state index in [4.69, 9.17) is 0 Å². The van der Waals surface area contributed by atoms with E-state index in [0.717, 1.165) is 21.1 Å². The highest BCUT2D eigenvalue weighted by molar-refractivity contribution is 9.10. The maximum atomic E-state index is 11.2. The summed E-state index contributed by atoms with van der Waals surface area (Å²) in [5, 5.41) is 14.5. The van der Waals surface area contributed by atoms with Gasteiger partial charge >= 0.3 is 5.97 Å². The van der Waals surface area contributed by atoms with Crippen molar-refractivity contribution in [1.82, 2.24) is 9.78 Å². The highest BCUT2D eigenvalue weighted by atomic mass is 79.9. The third kappa shape index (κ3) is 2.14. The van der Waals surface area contributed by atoms with Crippen LogP contribution in [0.1, 0.15) is 19.4 Å². The Hall–Kier alpha value is -1.36. The highest BCUT2D eigenvalue weighted by Gasteiger charge is 2.28. The highest BCUT2D eigenvalue weighted by Crippen LogP contribution is 2.31. The van der Waals surface area contributed by atoms with Crippen molar-refractivity contribution < 1.29 is 9.90 Å². The average Bonchev–Trinajstić information content (AvgIpc) is 2.55. The molecular weight excluding hydrogens is 296 g/mol. The van der Waals surface area contributed by atoms with Gasteiger partial charge in [-0.25, -0.2) is 0 Å². The molecule has 0 aliphatic heterocycles. The topological polar surface area (TPSA) is 55.1 Å². The van der Waals surface area contributed by atoms with Gasteiger partial charge in [-0.15, -0.1) is 0 Å². The van der Waals surface area contributed by atoms with Crippen LogP contribution in [0.4, 0.5) is 0 Å². The molecule has 18 heavy (non-hydrogen) atoms. The van der Waals surface area contributed by atoms with Crippen molar-refractivity contribution in [1.29, 1.82) is 0 Å². The number of carbonyl (C=O) groups is 1. The Morgan fingerprint density at radius 3 is 2.78 bits per heavy atom. The molecule has 2 rings (SSSR count). The Kier molecular flexibility index (Phi) is 3.19. The van der Waals surface area contributed by atoms with E-state index in [2.05, 4.69) is 21.0 Å². The van der Waals surface area contributed by atoms with E-state index in [9.17, 15) is 9.90 Å². The first-order valence-electron chi connectivity index (χ1n) is 5.66. The molecule has 0 atom stereocenters. The lowest BCUT2D eigenvalue weighted by molar-refractivity contribution is -0.146. The van der Waals surface area contributed by atoms with E-state index in [0.29, 0.717) is 6.42 Å². The van der Waals surface area contributed by atoms with E-state index >= 15 is 0 Å². The smallest absolute Gasteiger partial charge is 0.309 e. The monoisotopic (exact) mass is 310 g/mol. The number of benzene rings is 1. The van der Waals surface area contributed by atoms with Crippen molar-refractivity contribution in [3.63, 3.8) is 0 Å². The molecule has 1 heterocycles. The van der Waals surface area contributed by atoms with Crippen molar-refractivity contribution in [2.45, 2.75) is 20.3 Å². The van der Waals surface area contributed by atoms with Crippen molar-refractivity contribution in [2.24, 2.45) is 12.5 Å². The second-order valence-corrected chi connectivity index (χ2v) is 5.84. The molecule has 0 bridgehead atoms. The molecule has 0 saturated heterocycles. The number of nitrogens with zero attached hydrogens (tertiary/aromatic N) is 2. The molecule has 96 valence electrons.